The lowest BCUT2D eigenvalue weighted by Gasteiger charge is -2.14. The number of ether oxygens (including phenoxy) is 1. The van der Waals surface area contributed by atoms with Crippen molar-refractivity contribution in [1.29, 1.82) is 0 Å². The van der Waals surface area contributed by atoms with Crippen molar-refractivity contribution >= 4 is 39.1 Å². The molecule has 0 atom stereocenters. The molecular formula is C20H23BrClNO2. The van der Waals surface area contributed by atoms with E-state index in [1.807, 2.05) is 52.0 Å². The summed E-state index contributed by atoms with van der Waals surface area (Å²) in [5, 5.41) is 3.74. The maximum Gasteiger partial charge on any atom is 0.224 e. The molecule has 0 aliphatic rings. The number of halogens is 2. The van der Waals surface area contributed by atoms with Gasteiger partial charge in [-0.3, -0.25) is 4.79 Å². The largest absolute Gasteiger partial charge is 0.492 e. The molecule has 2 aromatic rings. The molecule has 5 heteroatoms. The number of hydrogen-bond donors (Lipinski definition) is 1. The molecule has 1 N–H and O–H groups in total. The van der Waals surface area contributed by atoms with Crippen molar-refractivity contribution < 1.29 is 9.53 Å². The van der Waals surface area contributed by atoms with Crippen molar-refractivity contribution in [3.05, 3.63) is 56.0 Å². The van der Waals surface area contributed by atoms with Gasteiger partial charge in [0, 0.05) is 17.1 Å². The van der Waals surface area contributed by atoms with E-state index < -0.39 is 0 Å². The Morgan fingerprint density at radius 1 is 1.16 bits per heavy atom. The molecule has 0 bridgehead atoms. The van der Waals surface area contributed by atoms with Crippen LogP contribution in [0, 0.1) is 27.7 Å². The van der Waals surface area contributed by atoms with Crippen LogP contribution in [0.3, 0.4) is 0 Å². The Labute approximate surface area is 162 Å². The van der Waals surface area contributed by atoms with Crippen LogP contribution in [0.15, 0.2) is 28.7 Å². The van der Waals surface area contributed by atoms with Crippen molar-refractivity contribution in [2.24, 2.45) is 0 Å². The van der Waals surface area contributed by atoms with E-state index in [9.17, 15) is 4.79 Å². The quantitative estimate of drug-likeness (QED) is 0.566. The van der Waals surface area contributed by atoms with Crippen LogP contribution in [-0.4, -0.2) is 12.5 Å². The molecule has 0 heterocycles. The summed E-state index contributed by atoms with van der Waals surface area (Å²) >= 11 is 9.74. The van der Waals surface area contributed by atoms with E-state index in [0.717, 1.165) is 43.2 Å². The summed E-state index contributed by atoms with van der Waals surface area (Å²) in [4.78, 5) is 12.2. The van der Waals surface area contributed by atoms with Crippen LogP contribution in [0.5, 0.6) is 5.75 Å². The molecule has 0 unspecified atom stereocenters. The molecule has 3 nitrogen and oxygen atoms in total. The molecule has 2 aromatic carbocycles. The maximum absolute atomic E-state index is 12.2. The van der Waals surface area contributed by atoms with E-state index in [4.69, 9.17) is 16.3 Å². The SMILES string of the molecule is Cc1cc(OCCCC(=O)Nc2c(C)cccc2C)c(Br)c(C)c1Cl. The van der Waals surface area contributed by atoms with Crippen LogP contribution in [0.25, 0.3) is 0 Å². The molecule has 1 amide bonds. The zero-order valence-electron chi connectivity index (χ0n) is 15.0. The van der Waals surface area contributed by atoms with Crippen LogP contribution in [0.4, 0.5) is 5.69 Å². The van der Waals surface area contributed by atoms with E-state index in [1.54, 1.807) is 0 Å². The zero-order valence-corrected chi connectivity index (χ0v) is 17.3. The maximum atomic E-state index is 12.2. The Morgan fingerprint density at radius 2 is 1.80 bits per heavy atom. The Hall–Kier alpha value is -1.52. The minimum absolute atomic E-state index is 0.00327. The number of anilines is 1. The smallest absolute Gasteiger partial charge is 0.224 e. The molecule has 134 valence electrons. The Kier molecular flexibility index (Phi) is 6.91. The molecule has 0 saturated carbocycles. The predicted octanol–water partition coefficient (Wildman–Crippen LogP) is 6.13. The normalized spacial score (nSPS) is 10.6. The summed E-state index contributed by atoms with van der Waals surface area (Å²) in [6, 6.07) is 7.89. The van der Waals surface area contributed by atoms with Gasteiger partial charge in [0.05, 0.1) is 11.1 Å². The minimum Gasteiger partial charge on any atom is -0.492 e. The van der Waals surface area contributed by atoms with E-state index in [1.165, 1.54) is 0 Å². The predicted molar refractivity (Wildman–Crippen MR) is 108 cm³/mol. The van der Waals surface area contributed by atoms with Crippen molar-refractivity contribution in [3.8, 4) is 5.75 Å². The second-order valence-electron chi connectivity index (χ2n) is 6.21. The third-order valence-corrected chi connectivity index (χ3v) is 5.69. The van der Waals surface area contributed by atoms with Crippen molar-refractivity contribution in [2.75, 3.05) is 11.9 Å². The zero-order chi connectivity index (χ0) is 18.6. The van der Waals surface area contributed by atoms with Gasteiger partial charge in [-0.05, 0) is 78.4 Å². The number of rotatable bonds is 6. The van der Waals surface area contributed by atoms with Crippen LogP contribution in [0.2, 0.25) is 5.02 Å². The highest BCUT2D eigenvalue weighted by Gasteiger charge is 2.11. The summed E-state index contributed by atoms with van der Waals surface area (Å²) < 4.78 is 6.68. The van der Waals surface area contributed by atoms with Gasteiger partial charge in [0.1, 0.15) is 5.75 Å². The van der Waals surface area contributed by atoms with Gasteiger partial charge in [0.25, 0.3) is 0 Å². The Bertz CT molecular complexity index is 770. The second-order valence-corrected chi connectivity index (χ2v) is 7.38. The first kappa shape index (κ1) is 19.8. The molecule has 0 aliphatic carbocycles. The van der Waals surface area contributed by atoms with Gasteiger partial charge in [-0.2, -0.15) is 0 Å². The fourth-order valence-electron chi connectivity index (χ4n) is 2.63. The van der Waals surface area contributed by atoms with E-state index in [-0.39, 0.29) is 5.91 Å². The highest BCUT2D eigenvalue weighted by atomic mass is 79.9. The summed E-state index contributed by atoms with van der Waals surface area (Å²) in [6.07, 6.45) is 1.06. The lowest BCUT2D eigenvalue weighted by Crippen LogP contribution is -2.14. The van der Waals surface area contributed by atoms with Crippen LogP contribution < -0.4 is 10.1 Å². The number of nitrogens with one attached hydrogen (secondary N) is 1. The number of amides is 1. The van der Waals surface area contributed by atoms with Crippen molar-refractivity contribution in [1.82, 2.24) is 0 Å². The molecule has 0 spiro atoms. The monoisotopic (exact) mass is 423 g/mol. The number of para-hydroxylation sites is 1. The molecule has 0 aromatic heterocycles. The van der Waals surface area contributed by atoms with Crippen LogP contribution in [-0.2, 0) is 4.79 Å². The summed E-state index contributed by atoms with van der Waals surface area (Å²) in [7, 11) is 0. The number of carbonyl (C=O) groups excluding carboxylic acids is 1. The molecule has 0 fully saturated rings. The minimum atomic E-state index is 0.00327. The van der Waals surface area contributed by atoms with Gasteiger partial charge in [0.15, 0.2) is 0 Å². The summed E-state index contributed by atoms with van der Waals surface area (Å²) in [5.41, 5.74) is 4.98. The lowest BCUT2D eigenvalue weighted by molar-refractivity contribution is -0.116. The molecule has 0 radical (unpaired) electrons. The number of hydrogen-bond acceptors (Lipinski definition) is 2. The van der Waals surface area contributed by atoms with Gasteiger partial charge < -0.3 is 10.1 Å². The fourth-order valence-corrected chi connectivity index (χ4v) is 3.32. The first-order valence-electron chi connectivity index (χ1n) is 8.25. The standard InChI is InChI=1S/C20H23BrClNO2/c1-12-7-5-8-13(2)20(12)23-17(24)9-6-10-25-16-11-14(3)19(22)15(4)18(16)21/h5,7-8,11H,6,9-10H2,1-4H3,(H,23,24). The molecule has 0 saturated heterocycles. The third-order valence-electron chi connectivity index (χ3n) is 4.12. The van der Waals surface area contributed by atoms with Crippen LogP contribution >= 0.6 is 27.5 Å². The summed E-state index contributed by atoms with van der Waals surface area (Å²) in [5.74, 6) is 0.762. The lowest BCUT2D eigenvalue weighted by atomic mass is 10.1. The molecule has 0 aliphatic heterocycles. The Balaban J connectivity index is 1.87. The Morgan fingerprint density at radius 3 is 2.44 bits per heavy atom. The van der Waals surface area contributed by atoms with Crippen molar-refractivity contribution in [3.63, 3.8) is 0 Å². The van der Waals surface area contributed by atoms with Gasteiger partial charge >= 0.3 is 0 Å². The third kappa shape index (κ3) is 4.99. The van der Waals surface area contributed by atoms with E-state index in [2.05, 4.69) is 21.2 Å². The number of aryl methyl sites for hydroxylation is 3. The first-order chi connectivity index (χ1) is 11.8. The number of carbonyl (C=O) groups is 1. The van der Waals surface area contributed by atoms with Crippen LogP contribution in [0.1, 0.15) is 35.1 Å². The second kappa shape index (κ2) is 8.72. The van der Waals surface area contributed by atoms with Crippen molar-refractivity contribution in [2.45, 2.75) is 40.5 Å². The topological polar surface area (TPSA) is 38.3 Å². The molecule has 25 heavy (non-hydrogen) atoms. The average Bonchev–Trinajstić information content (AvgIpc) is 2.57. The van der Waals surface area contributed by atoms with E-state index in [0.29, 0.717) is 19.4 Å². The van der Waals surface area contributed by atoms with Gasteiger partial charge in [-0.15, -0.1) is 0 Å². The molecular weight excluding hydrogens is 402 g/mol. The average molecular weight is 425 g/mol. The summed E-state index contributed by atoms with van der Waals surface area (Å²) in [6.45, 7) is 8.36. The van der Waals surface area contributed by atoms with E-state index >= 15 is 0 Å². The fraction of sp³-hybridized carbons (Fsp3) is 0.350. The van der Waals surface area contributed by atoms with Gasteiger partial charge in [-0.1, -0.05) is 29.8 Å². The molecule has 2 rings (SSSR count). The number of benzene rings is 2. The van der Waals surface area contributed by atoms with Gasteiger partial charge in [0.2, 0.25) is 5.91 Å². The highest BCUT2D eigenvalue weighted by molar-refractivity contribution is 9.10. The van der Waals surface area contributed by atoms with Gasteiger partial charge in [-0.25, -0.2) is 0 Å². The first-order valence-corrected chi connectivity index (χ1v) is 9.42. The highest BCUT2D eigenvalue weighted by Crippen LogP contribution is 2.35.